The van der Waals surface area contributed by atoms with Gasteiger partial charge in [-0.15, -0.1) is 0 Å². The number of carbonyl (C=O) groups is 2. The maximum Gasteiger partial charge on any atom is 0.328 e. The van der Waals surface area contributed by atoms with Crippen molar-refractivity contribution in [2.45, 2.75) is 25.4 Å². The van der Waals surface area contributed by atoms with Crippen LogP contribution in [0.3, 0.4) is 0 Å². The van der Waals surface area contributed by atoms with Crippen molar-refractivity contribution in [2.24, 2.45) is 11.7 Å². The highest BCUT2D eigenvalue weighted by molar-refractivity contribution is 5.94. The van der Waals surface area contributed by atoms with Gasteiger partial charge in [0.2, 0.25) is 5.91 Å². The predicted octanol–water partition coefficient (Wildman–Crippen LogP) is 1.54. The number of fused-ring (bicyclic) bond motifs is 3. The maximum absolute atomic E-state index is 12.5. The topological polar surface area (TPSA) is 108 Å². The molecule has 2 aliphatic rings. The van der Waals surface area contributed by atoms with Gasteiger partial charge in [-0.25, -0.2) is 4.79 Å². The molecule has 3 rings (SSSR count). The van der Waals surface area contributed by atoms with Crippen molar-refractivity contribution >= 4 is 17.6 Å². The number of ether oxygens (including phenoxy) is 1. The van der Waals surface area contributed by atoms with E-state index in [-0.39, 0.29) is 17.9 Å². The van der Waals surface area contributed by atoms with Crippen LogP contribution in [0.1, 0.15) is 35.3 Å². The molecule has 3 N–H and O–H groups in total. The van der Waals surface area contributed by atoms with Crippen LogP contribution in [0.4, 0.5) is 5.69 Å². The highest BCUT2D eigenvalue weighted by atomic mass is 16.5. The van der Waals surface area contributed by atoms with E-state index in [0.29, 0.717) is 24.2 Å². The Morgan fingerprint density at radius 3 is 2.88 bits per heavy atom. The van der Waals surface area contributed by atoms with Crippen molar-refractivity contribution in [1.29, 1.82) is 5.26 Å². The number of benzene rings is 1. The zero-order chi connectivity index (χ0) is 18.1. The van der Waals surface area contributed by atoms with Crippen LogP contribution in [0.25, 0.3) is 0 Å². The smallest absolute Gasteiger partial charge is 0.328 e. The number of amides is 1. The lowest BCUT2D eigenvalue weighted by Crippen LogP contribution is -2.49. The fourth-order valence-corrected chi connectivity index (χ4v) is 3.70. The fraction of sp³-hybridized carbons (Fsp3) is 0.389. The van der Waals surface area contributed by atoms with Crippen LogP contribution in [0, 0.1) is 17.2 Å². The van der Waals surface area contributed by atoms with E-state index in [1.165, 1.54) is 0 Å². The Morgan fingerprint density at radius 2 is 2.24 bits per heavy atom. The molecule has 0 unspecified atom stereocenters. The molecule has 0 spiro atoms. The highest BCUT2D eigenvalue weighted by Gasteiger charge is 2.44. The lowest BCUT2D eigenvalue weighted by molar-refractivity contribution is -0.146. The Bertz CT molecular complexity index is 796. The van der Waals surface area contributed by atoms with Crippen molar-refractivity contribution in [3.8, 4) is 6.07 Å². The molecule has 2 aliphatic heterocycles. The van der Waals surface area contributed by atoms with E-state index in [1.807, 2.05) is 11.9 Å². The Hall–Kier alpha value is -3.01. The number of allylic oxidation sites excluding steroid dienone is 1. The molecule has 7 heteroatoms. The molecular formula is C18H20N4O3. The Kier molecular flexibility index (Phi) is 4.36. The van der Waals surface area contributed by atoms with Gasteiger partial charge < -0.3 is 20.7 Å². The lowest BCUT2D eigenvalue weighted by atomic mass is 9.76. The van der Waals surface area contributed by atoms with Crippen LogP contribution in [0.15, 0.2) is 30.0 Å². The first-order valence-electron chi connectivity index (χ1n) is 8.16. The number of anilines is 1. The number of hydrogen-bond donors (Lipinski definition) is 2. The van der Waals surface area contributed by atoms with Crippen molar-refractivity contribution in [3.63, 3.8) is 0 Å². The number of nitrogens with zero attached hydrogens (tertiary/aromatic N) is 2. The maximum atomic E-state index is 12.5. The molecule has 3 atom stereocenters. The van der Waals surface area contributed by atoms with Gasteiger partial charge in [-0.1, -0.05) is 0 Å². The van der Waals surface area contributed by atoms with Gasteiger partial charge in [0.15, 0.2) is 0 Å². The molecule has 1 amide bonds. The first-order valence-corrected chi connectivity index (χ1v) is 8.16. The van der Waals surface area contributed by atoms with E-state index in [1.54, 1.807) is 31.3 Å². The number of nitriles is 1. The number of primary amides is 1. The van der Waals surface area contributed by atoms with Crippen LogP contribution in [-0.2, 0) is 9.53 Å². The second kappa shape index (κ2) is 6.48. The zero-order valence-corrected chi connectivity index (χ0v) is 14.2. The van der Waals surface area contributed by atoms with Gasteiger partial charge in [0, 0.05) is 36.0 Å². The van der Waals surface area contributed by atoms with Crippen molar-refractivity contribution in [3.05, 3.63) is 41.1 Å². The third-order valence-corrected chi connectivity index (χ3v) is 4.74. The molecule has 0 radical (unpaired) electrons. The van der Waals surface area contributed by atoms with E-state index in [0.717, 1.165) is 11.3 Å². The molecule has 0 fully saturated rings. The van der Waals surface area contributed by atoms with Gasteiger partial charge >= 0.3 is 5.97 Å². The summed E-state index contributed by atoms with van der Waals surface area (Å²) in [6, 6.07) is 6.62. The summed E-state index contributed by atoms with van der Waals surface area (Å²) >= 11 is 0. The van der Waals surface area contributed by atoms with Crippen molar-refractivity contribution in [2.75, 3.05) is 19.0 Å². The summed E-state index contributed by atoms with van der Waals surface area (Å²) in [5.74, 6) is -1.02. The molecule has 25 heavy (non-hydrogen) atoms. The summed E-state index contributed by atoms with van der Waals surface area (Å²) in [5, 5.41) is 12.5. The summed E-state index contributed by atoms with van der Waals surface area (Å²) in [7, 11) is 1.86. The van der Waals surface area contributed by atoms with Gasteiger partial charge in [-0.05, 0) is 37.1 Å². The van der Waals surface area contributed by atoms with Gasteiger partial charge in [0.25, 0.3) is 0 Å². The molecular weight excluding hydrogens is 320 g/mol. The third kappa shape index (κ3) is 2.91. The summed E-state index contributed by atoms with van der Waals surface area (Å²) in [6.07, 6.45) is 2.25. The summed E-state index contributed by atoms with van der Waals surface area (Å²) < 4.78 is 5.22. The van der Waals surface area contributed by atoms with Crippen LogP contribution >= 0.6 is 0 Å². The number of nitrogens with one attached hydrogen (secondary N) is 1. The van der Waals surface area contributed by atoms with Gasteiger partial charge in [0.05, 0.1) is 18.7 Å². The minimum Gasteiger partial charge on any atom is -0.464 e. The van der Waals surface area contributed by atoms with E-state index in [4.69, 9.17) is 10.5 Å². The van der Waals surface area contributed by atoms with Gasteiger partial charge in [-0.2, -0.15) is 5.26 Å². The number of nitrogens with two attached hydrogens (primary N) is 1. The van der Waals surface area contributed by atoms with E-state index in [2.05, 4.69) is 11.4 Å². The Labute approximate surface area is 146 Å². The fourth-order valence-electron chi connectivity index (χ4n) is 3.70. The van der Waals surface area contributed by atoms with Crippen LogP contribution < -0.4 is 11.1 Å². The second-order valence-corrected chi connectivity index (χ2v) is 6.28. The average Bonchev–Trinajstić information content (AvgIpc) is 2.60. The monoisotopic (exact) mass is 340 g/mol. The quantitative estimate of drug-likeness (QED) is 0.808. The Morgan fingerprint density at radius 1 is 1.48 bits per heavy atom. The van der Waals surface area contributed by atoms with Crippen LogP contribution in [0.2, 0.25) is 0 Å². The summed E-state index contributed by atoms with van der Waals surface area (Å²) in [4.78, 5) is 25.9. The Balaban J connectivity index is 2.10. The molecule has 0 aliphatic carbocycles. The predicted molar refractivity (Wildman–Crippen MR) is 91.3 cm³/mol. The second-order valence-electron chi connectivity index (χ2n) is 6.28. The van der Waals surface area contributed by atoms with Gasteiger partial charge in [0.1, 0.15) is 6.04 Å². The molecule has 130 valence electrons. The molecule has 7 nitrogen and oxygen atoms in total. The summed E-state index contributed by atoms with van der Waals surface area (Å²) in [5.41, 5.74) is 8.08. The zero-order valence-electron chi connectivity index (χ0n) is 14.2. The van der Waals surface area contributed by atoms with E-state index < -0.39 is 11.9 Å². The minimum absolute atomic E-state index is 0.151. The molecule has 0 aromatic heterocycles. The lowest BCUT2D eigenvalue weighted by Gasteiger charge is -2.45. The number of esters is 1. The number of hydrogen-bond acceptors (Lipinski definition) is 6. The SMILES string of the molecule is CCOC(=O)[C@H]1Nc2ccc(C(N)=O)cc2[C@@H]2[C@H]1CC(C#N)=CN2C. The molecule has 2 heterocycles. The summed E-state index contributed by atoms with van der Waals surface area (Å²) in [6.45, 7) is 2.05. The standard InChI is InChI=1S/C18H20N4O3/c1-3-25-18(24)15-13-6-10(8-19)9-22(2)16(13)12-7-11(17(20)23)4-5-14(12)21-15/h4-5,7,9,13,15-16,21H,3,6H2,1-2H3,(H2,20,23)/t13-,15-,16+/m0/s1. The van der Waals surface area contributed by atoms with Crippen LogP contribution in [0.5, 0.6) is 0 Å². The van der Waals surface area contributed by atoms with Crippen molar-refractivity contribution in [1.82, 2.24) is 4.90 Å². The molecule has 1 aromatic carbocycles. The first-order chi connectivity index (χ1) is 12.0. The molecule has 0 bridgehead atoms. The van der Waals surface area contributed by atoms with Gasteiger partial charge in [-0.3, -0.25) is 4.79 Å². The van der Waals surface area contributed by atoms with E-state index >= 15 is 0 Å². The minimum atomic E-state index is -0.559. The van der Waals surface area contributed by atoms with Crippen LogP contribution in [-0.4, -0.2) is 36.5 Å². The number of rotatable bonds is 3. The number of carbonyl (C=O) groups excluding carboxylic acids is 2. The van der Waals surface area contributed by atoms with Crippen molar-refractivity contribution < 1.29 is 14.3 Å². The first kappa shape index (κ1) is 16.8. The average molecular weight is 340 g/mol. The highest BCUT2D eigenvalue weighted by Crippen LogP contribution is 2.46. The molecule has 0 saturated heterocycles. The van der Waals surface area contributed by atoms with E-state index in [9.17, 15) is 14.9 Å². The third-order valence-electron chi connectivity index (χ3n) is 4.74. The molecule has 0 saturated carbocycles. The molecule has 1 aromatic rings. The normalized spacial score (nSPS) is 24.1. The largest absolute Gasteiger partial charge is 0.464 e.